The molecular formula is C16H20N2OS. The average molecular weight is 288 g/mol. The van der Waals surface area contributed by atoms with Crippen LogP contribution >= 0.6 is 11.3 Å². The van der Waals surface area contributed by atoms with Crippen LogP contribution < -0.4 is 10.6 Å². The van der Waals surface area contributed by atoms with E-state index >= 15 is 0 Å². The van der Waals surface area contributed by atoms with Crippen molar-refractivity contribution in [3.8, 4) is 0 Å². The molecule has 1 atom stereocenters. The quantitative estimate of drug-likeness (QED) is 0.859. The van der Waals surface area contributed by atoms with Gasteiger partial charge in [-0.05, 0) is 22.9 Å². The first-order chi connectivity index (χ1) is 9.66. The number of rotatable bonds is 5. The molecule has 0 saturated carbocycles. The van der Waals surface area contributed by atoms with Gasteiger partial charge >= 0.3 is 6.03 Å². The molecule has 2 N–H and O–H groups in total. The predicted octanol–water partition coefficient (Wildman–Crippen LogP) is 3.94. The number of amides is 2. The number of thiophene rings is 1. The molecule has 1 heterocycles. The van der Waals surface area contributed by atoms with Gasteiger partial charge in [0.1, 0.15) is 0 Å². The lowest BCUT2D eigenvalue weighted by Gasteiger charge is -2.21. The fourth-order valence-corrected chi connectivity index (χ4v) is 2.95. The van der Waals surface area contributed by atoms with E-state index in [1.807, 2.05) is 41.8 Å². The Morgan fingerprint density at radius 2 is 1.90 bits per heavy atom. The van der Waals surface area contributed by atoms with Gasteiger partial charge in [-0.25, -0.2) is 4.79 Å². The van der Waals surface area contributed by atoms with E-state index in [4.69, 9.17) is 0 Å². The van der Waals surface area contributed by atoms with Gasteiger partial charge in [0.25, 0.3) is 0 Å². The summed E-state index contributed by atoms with van der Waals surface area (Å²) in [5.41, 5.74) is 1.10. The van der Waals surface area contributed by atoms with Crippen LogP contribution in [0.25, 0.3) is 0 Å². The normalized spacial score (nSPS) is 12.2. The molecule has 1 aromatic heterocycles. The van der Waals surface area contributed by atoms with Crippen molar-refractivity contribution >= 4 is 17.4 Å². The first kappa shape index (κ1) is 14.6. The summed E-state index contributed by atoms with van der Waals surface area (Å²) in [7, 11) is 0. The molecule has 2 rings (SSSR count). The molecule has 20 heavy (non-hydrogen) atoms. The van der Waals surface area contributed by atoms with Crippen molar-refractivity contribution < 1.29 is 4.79 Å². The van der Waals surface area contributed by atoms with E-state index in [0.29, 0.717) is 12.5 Å². The second-order valence-corrected chi connectivity index (χ2v) is 6.03. The summed E-state index contributed by atoms with van der Waals surface area (Å²) in [6.45, 7) is 4.77. The summed E-state index contributed by atoms with van der Waals surface area (Å²) in [4.78, 5) is 13.2. The molecule has 4 heteroatoms. The van der Waals surface area contributed by atoms with Crippen LogP contribution in [0.3, 0.4) is 0 Å². The molecule has 2 aromatic rings. The minimum Gasteiger partial charge on any atom is -0.334 e. The fraction of sp³-hybridized carbons (Fsp3) is 0.312. The average Bonchev–Trinajstić information content (AvgIpc) is 2.97. The summed E-state index contributed by atoms with van der Waals surface area (Å²) in [5, 5.41) is 7.99. The van der Waals surface area contributed by atoms with Crippen molar-refractivity contribution in [1.82, 2.24) is 10.6 Å². The van der Waals surface area contributed by atoms with Gasteiger partial charge in [0.15, 0.2) is 0 Å². The SMILES string of the molecule is CC(C)C(NC(=O)NCc1ccccc1)c1cccs1. The minimum atomic E-state index is -0.124. The number of urea groups is 1. The Morgan fingerprint density at radius 1 is 1.15 bits per heavy atom. The Hall–Kier alpha value is -1.81. The van der Waals surface area contributed by atoms with Crippen LogP contribution in [0.15, 0.2) is 47.8 Å². The van der Waals surface area contributed by atoms with Crippen LogP contribution in [0.2, 0.25) is 0 Å². The number of benzene rings is 1. The van der Waals surface area contributed by atoms with E-state index in [1.54, 1.807) is 11.3 Å². The highest BCUT2D eigenvalue weighted by molar-refractivity contribution is 7.10. The Balaban J connectivity index is 1.89. The van der Waals surface area contributed by atoms with Crippen LogP contribution in [0.5, 0.6) is 0 Å². The van der Waals surface area contributed by atoms with Gasteiger partial charge in [-0.15, -0.1) is 11.3 Å². The number of hydrogen-bond donors (Lipinski definition) is 2. The largest absolute Gasteiger partial charge is 0.334 e. The van der Waals surface area contributed by atoms with Gasteiger partial charge in [0.05, 0.1) is 6.04 Å². The van der Waals surface area contributed by atoms with E-state index in [-0.39, 0.29) is 12.1 Å². The standard InChI is InChI=1S/C16H20N2OS/c1-12(2)15(14-9-6-10-20-14)18-16(19)17-11-13-7-4-3-5-8-13/h3-10,12,15H,11H2,1-2H3,(H2,17,18,19). The van der Waals surface area contributed by atoms with Crippen molar-refractivity contribution in [2.24, 2.45) is 5.92 Å². The zero-order valence-electron chi connectivity index (χ0n) is 11.8. The molecule has 106 valence electrons. The summed E-state index contributed by atoms with van der Waals surface area (Å²) in [6.07, 6.45) is 0. The topological polar surface area (TPSA) is 41.1 Å². The lowest BCUT2D eigenvalue weighted by Crippen LogP contribution is -2.39. The predicted molar refractivity (Wildman–Crippen MR) is 83.7 cm³/mol. The molecular weight excluding hydrogens is 268 g/mol. The third-order valence-electron chi connectivity index (χ3n) is 3.10. The molecule has 1 unspecified atom stereocenters. The Bertz CT molecular complexity index is 523. The third kappa shape index (κ3) is 4.10. The highest BCUT2D eigenvalue weighted by Crippen LogP contribution is 2.25. The highest BCUT2D eigenvalue weighted by Gasteiger charge is 2.18. The van der Waals surface area contributed by atoms with Crippen LogP contribution in [0.4, 0.5) is 4.79 Å². The molecule has 0 fully saturated rings. The van der Waals surface area contributed by atoms with Gasteiger partial charge < -0.3 is 10.6 Å². The van der Waals surface area contributed by atoms with Crippen LogP contribution in [-0.4, -0.2) is 6.03 Å². The fourth-order valence-electron chi connectivity index (χ4n) is 2.01. The number of nitrogens with one attached hydrogen (secondary N) is 2. The molecule has 0 aliphatic rings. The molecule has 1 aromatic carbocycles. The van der Waals surface area contributed by atoms with Gasteiger partial charge in [-0.1, -0.05) is 50.2 Å². The summed E-state index contributed by atoms with van der Waals surface area (Å²) < 4.78 is 0. The third-order valence-corrected chi connectivity index (χ3v) is 4.05. The first-order valence-corrected chi connectivity index (χ1v) is 7.66. The second-order valence-electron chi connectivity index (χ2n) is 5.05. The van der Waals surface area contributed by atoms with Crippen molar-refractivity contribution in [3.05, 3.63) is 58.3 Å². The summed E-state index contributed by atoms with van der Waals surface area (Å²) >= 11 is 1.67. The molecule has 0 radical (unpaired) electrons. The van der Waals surface area contributed by atoms with Crippen molar-refractivity contribution in [2.45, 2.75) is 26.4 Å². The maximum atomic E-state index is 12.0. The lowest BCUT2D eigenvalue weighted by atomic mass is 10.0. The van der Waals surface area contributed by atoms with Gasteiger partial charge in [0, 0.05) is 11.4 Å². The lowest BCUT2D eigenvalue weighted by molar-refractivity contribution is 0.233. The summed E-state index contributed by atoms with van der Waals surface area (Å²) in [5.74, 6) is 0.358. The maximum Gasteiger partial charge on any atom is 0.315 e. The molecule has 3 nitrogen and oxygen atoms in total. The molecule has 0 spiro atoms. The number of carbonyl (C=O) groups excluding carboxylic acids is 1. The molecule has 2 amide bonds. The first-order valence-electron chi connectivity index (χ1n) is 6.78. The van der Waals surface area contributed by atoms with Crippen LogP contribution in [0, 0.1) is 5.92 Å². The highest BCUT2D eigenvalue weighted by atomic mass is 32.1. The Morgan fingerprint density at radius 3 is 2.50 bits per heavy atom. The zero-order valence-corrected chi connectivity index (χ0v) is 12.6. The van der Waals surface area contributed by atoms with E-state index in [1.165, 1.54) is 4.88 Å². The molecule has 0 saturated heterocycles. The summed E-state index contributed by atoms with van der Waals surface area (Å²) in [6, 6.07) is 13.9. The van der Waals surface area contributed by atoms with E-state index < -0.39 is 0 Å². The van der Waals surface area contributed by atoms with Crippen LogP contribution in [0.1, 0.15) is 30.3 Å². The second kappa shape index (κ2) is 7.10. The monoisotopic (exact) mass is 288 g/mol. The van der Waals surface area contributed by atoms with Crippen molar-refractivity contribution in [3.63, 3.8) is 0 Å². The molecule has 0 aliphatic carbocycles. The van der Waals surface area contributed by atoms with Crippen molar-refractivity contribution in [2.75, 3.05) is 0 Å². The minimum absolute atomic E-state index is 0.0609. The molecule has 0 bridgehead atoms. The van der Waals surface area contributed by atoms with Crippen LogP contribution in [-0.2, 0) is 6.54 Å². The van der Waals surface area contributed by atoms with E-state index in [9.17, 15) is 4.79 Å². The van der Waals surface area contributed by atoms with Gasteiger partial charge in [0.2, 0.25) is 0 Å². The van der Waals surface area contributed by atoms with Gasteiger partial charge in [-0.3, -0.25) is 0 Å². The maximum absolute atomic E-state index is 12.0. The molecule has 0 aliphatic heterocycles. The Labute approximate surface area is 124 Å². The van der Waals surface area contributed by atoms with Crippen molar-refractivity contribution in [1.29, 1.82) is 0 Å². The zero-order chi connectivity index (χ0) is 14.4. The Kier molecular flexibility index (Phi) is 5.18. The van der Waals surface area contributed by atoms with E-state index in [2.05, 4.69) is 30.5 Å². The van der Waals surface area contributed by atoms with Gasteiger partial charge in [-0.2, -0.15) is 0 Å². The number of hydrogen-bond acceptors (Lipinski definition) is 2. The number of carbonyl (C=O) groups is 1. The smallest absolute Gasteiger partial charge is 0.315 e. The van der Waals surface area contributed by atoms with E-state index in [0.717, 1.165) is 5.56 Å².